The van der Waals surface area contributed by atoms with E-state index in [1.165, 1.54) is 6.26 Å². The molecule has 0 aliphatic rings. The van der Waals surface area contributed by atoms with Crippen LogP contribution in [0.5, 0.6) is 0 Å². The lowest BCUT2D eigenvalue weighted by Gasteiger charge is -2.08. The average molecular weight is 382 g/mol. The number of anilines is 1. The van der Waals surface area contributed by atoms with E-state index in [-0.39, 0.29) is 11.7 Å². The van der Waals surface area contributed by atoms with Gasteiger partial charge in [-0.1, -0.05) is 34.1 Å². The predicted molar refractivity (Wildman–Crippen MR) is 91.8 cm³/mol. The van der Waals surface area contributed by atoms with E-state index in [4.69, 9.17) is 0 Å². The van der Waals surface area contributed by atoms with Crippen molar-refractivity contribution in [3.63, 3.8) is 0 Å². The van der Waals surface area contributed by atoms with E-state index in [9.17, 15) is 13.2 Å². The standard InChI is InChI=1S/C16H16BrNO3S/c1-11-6-7-14(9-15(11)17)18-16(19)13-5-3-4-12(8-13)10-22(2,20)21/h3-9H,10H2,1-2H3,(H,18,19). The largest absolute Gasteiger partial charge is 0.322 e. The third-order valence-corrected chi connectivity index (χ3v) is 4.76. The van der Waals surface area contributed by atoms with Crippen LogP contribution in [0.15, 0.2) is 46.9 Å². The second-order valence-electron chi connectivity index (χ2n) is 5.19. The maximum Gasteiger partial charge on any atom is 0.255 e. The zero-order valence-electron chi connectivity index (χ0n) is 12.3. The number of halogens is 1. The summed E-state index contributed by atoms with van der Waals surface area (Å²) in [5.41, 5.74) is 2.78. The Morgan fingerprint density at radius 2 is 1.91 bits per heavy atom. The molecule has 0 saturated carbocycles. The van der Waals surface area contributed by atoms with Gasteiger partial charge in [0, 0.05) is 22.0 Å². The molecule has 0 aromatic heterocycles. The molecule has 22 heavy (non-hydrogen) atoms. The third-order valence-electron chi connectivity index (χ3n) is 3.05. The Hall–Kier alpha value is -1.66. The van der Waals surface area contributed by atoms with Gasteiger partial charge in [-0.3, -0.25) is 4.79 Å². The van der Waals surface area contributed by atoms with E-state index < -0.39 is 9.84 Å². The number of hydrogen-bond donors (Lipinski definition) is 1. The first-order chi connectivity index (χ1) is 10.2. The van der Waals surface area contributed by atoms with Crippen molar-refractivity contribution in [2.45, 2.75) is 12.7 Å². The summed E-state index contributed by atoms with van der Waals surface area (Å²) < 4.78 is 23.6. The molecule has 2 rings (SSSR count). The molecule has 0 saturated heterocycles. The molecule has 6 heteroatoms. The van der Waals surface area contributed by atoms with Crippen molar-refractivity contribution in [2.24, 2.45) is 0 Å². The molecule has 0 aliphatic heterocycles. The van der Waals surface area contributed by atoms with Crippen LogP contribution in [0.4, 0.5) is 5.69 Å². The zero-order chi connectivity index (χ0) is 16.3. The maximum atomic E-state index is 12.3. The number of amides is 1. The van der Waals surface area contributed by atoms with Crippen molar-refractivity contribution in [3.8, 4) is 0 Å². The van der Waals surface area contributed by atoms with E-state index in [1.54, 1.807) is 24.3 Å². The number of nitrogens with one attached hydrogen (secondary N) is 1. The summed E-state index contributed by atoms with van der Waals surface area (Å²) in [7, 11) is -3.13. The topological polar surface area (TPSA) is 63.2 Å². The van der Waals surface area contributed by atoms with Gasteiger partial charge >= 0.3 is 0 Å². The van der Waals surface area contributed by atoms with Gasteiger partial charge in [0.05, 0.1) is 5.75 Å². The molecular weight excluding hydrogens is 366 g/mol. The van der Waals surface area contributed by atoms with Gasteiger partial charge in [-0.05, 0) is 42.3 Å². The summed E-state index contributed by atoms with van der Waals surface area (Å²) in [5, 5.41) is 2.80. The second-order valence-corrected chi connectivity index (χ2v) is 8.18. The van der Waals surface area contributed by atoms with Crippen LogP contribution in [-0.2, 0) is 15.6 Å². The number of carbonyl (C=O) groups excluding carboxylic acids is 1. The molecular formula is C16H16BrNO3S. The SMILES string of the molecule is Cc1ccc(NC(=O)c2cccc(CS(C)(=O)=O)c2)cc1Br. The number of rotatable bonds is 4. The smallest absolute Gasteiger partial charge is 0.255 e. The molecule has 0 aliphatic carbocycles. The predicted octanol–water partition coefficient (Wildman–Crippen LogP) is 3.55. The molecule has 0 bridgehead atoms. The number of carbonyl (C=O) groups is 1. The van der Waals surface area contributed by atoms with Gasteiger partial charge in [-0.15, -0.1) is 0 Å². The van der Waals surface area contributed by atoms with E-state index in [0.717, 1.165) is 10.0 Å². The quantitative estimate of drug-likeness (QED) is 0.880. The Labute approximate surface area is 138 Å². The zero-order valence-corrected chi connectivity index (χ0v) is 14.7. The van der Waals surface area contributed by atoms with Gasteiger partial charge in [-0.25, -0.2) is 8.42 Å². The Morgan fingerprint density at radius 1 is 1.18 bits per heavy atom. The molecule has 116 valence electrons. The molecule has 0 atom stereocenters. The highest BCUT2D eigenvalue weighted by Gasteiger charge is 2.10. The molecule has 2 aromatic rings. The van der Waals surface area contributed by atoms with E-state index in [0.29, 0.717) is 16.8 Å². The van der Waals surface area contributed by atoms with E-state index in [2.05, 4.69) is 21.2 Å². The highest BCUT2D eigenvalue weighted by Crippen LogP contribution is 2.21. The van der Waals surface area contributed by atoms with Crippen molar-refractivity contribution in [1.29, 1.82) is 0 Å². The molecule has 0 spiro atoms. The Balaban J connectivity index is 2.19. The van der Waals surface area contributed by atoms with Crippen LogP contribution in [0.3, 0.4) is 0 Å². The number of hydrogen-bond acceptors (Lipinski definition) is 3. The van der Waals surface area contributed by atoms with Crippen molar-refractivity contribution in [1.82, 2.24) is 0 Å². The molecule has 1 amide bonds. The fourth-order valence-corrected chi connectivity index (χ4v) is 3.14. The fourth-order valence-electron chi connectivity index (χ4n) is 1.98. The van der Waals surface area contributed by atoms with Crippen LogP contribution < -0.4 is 5.32 Å². The summed E-state index contributed by atoms with van der Waals surface area (Å²) in [5.74, 6) is -0.351. The molecule has 0 radical (unpaired) electrons. The number of aryl methyl sites for hydroxylation is 1. The van der Waals surface area contributed by atoms with Crippen LogP contribution in [0.1, 0.15) is 21.5 Å². The Kier molecular flexibility index (Phi) is 5.03. The second kappa shape index (κ2) is 6.62. The van der Waals surface area contributed by atoms with Gasteiger partial charge in [-0.2, -0.15) is 0 Å². The van der Waals surface area contributed by atoms with Gasteiger partial charge in [0.25, 0.3) is 5.91 Å². The minimum Gasteiger partial charge on any atom is -0.322 e. The number of sulfone groups is 1. The van der Waals surface area contributed by atoms with Crippen LogP contribution >= 0.6 is 15.9 Å². The number of benzene rings is 2. The minimum absolute atomic E-state index is 0.0792. The summed E-state index contributed by atoms with van der Waals surface area (Å²) in [6.45, 7) is 1.96. The van der Waals surface area contributed by atoms with Gasteiger partial charge in [0.1, 0.15) is 0 Å². The third kappa shape index (κ3) is 4.68. The van der Waals surface area contributed by atoms with E-state index >= 15 is 0 Å². The van der Waals surface area contributed by atoms with Gasteiger partial charge < -0.3 is 5.32 Å². The lowest BCUT2D eigenvalue weighted by atomic mass is 10.1. The minimum atomic E-state index is -3.13. The molecule has 0 heterocycles. The first kappa shape index (κ1) is 16.7. The highest BCUT2D eigenvalue weighted by molar-refractivity contribution is 9.10. The van der Waals surface area contributed by atoms with Crippen LogP contribution in [0, 0.1) is 6.92 Å². The fraction of sp³-hybridized carbons (Fsp3) is 0.188. The maximum absolute atomic E-state index is 12.3. The van der Waals surface area contributed by atoms with Crippen molar-refractivity contribution in [3.05, 3.63) is 63.6 Å². The highest BCUT2D eigenvalue weighted by atomic mass is 79.9. The summed E-state index contributed by atoms with van der Waals surface area (Å²) in [6, 6.07) is 12.2. The monoisotopic (exact) mass is 381 g/mol. The summed E-state index contributed by atoms with van der Waals surface area (Å²) >= 11 is 3.42. The van der Waals surface area contributed by atoms with Crippen molar-refractivity contribution in [2.75, 3.05) is 11.6 Å². The lowest BCUT2D eigenvalue weighted by Crippen LogP contribution is -2.12. The Morgan fingerprint density at radius 3 is 2.55 bits per heavy atom. The lowest BCUT2D eigenvalue weighted by molar-refractivity contribution is 0.102. The van der Waals surface area contributed by atoms with E-state index in [1.807, 2.05) is 25.1 Å². The van der Waals surface area contributed by atoms with Crippen LogP contribution in [0.25, 0.3) is 0 Å². The Bertz CT molecular complexity index is 816. The van der Waals surface area contributed by atoms with Crippen LogP contribution in [0.2, 0.25) is 0 Å². The average Bonchev–Trinajstić information content (AvgIpc) is 2.41. The van der Waals surface area contributed by atoms with Crippen molar-refractivity contribution >= 4 is 37.4 Å². The molecule has 2 aromatic carbocycles. The van der Waals surface area contributed by atoms with Crippen molar-refractivity contribution < 1.29 is 13.2 Å². The normalized spacial score (nSPS) is 11.2. The van der Waals surface area contributed by atoms with Gasteiger partial charge in [0.15, 0.2) is 9.84 Å². The molecule has 0 fully saturated rings. The molecule has 4 nitrogen and oxygen atoms in total. The molecule has 1 N–H and O–H groups in total. The summed E-state index contributed by atoms with van der Waals surface area (Å²) in [6.07, 6.45) is 1.17. The first-order valence-corrected chi connectivity index (χ1v) is 9.44. The summed E-state index contributed by atoms with van der Waals surface area (Å²) in [4.78, 5) is 12.3. The molecule has 0 unspecified atom stereocenters. The van der Waals surface area contributed by atoms with Crippen LogP contribution in [-0.4, -0.2) is 20.6 Å². The first-order valence-electron chi connectivity index (χ1n) is 6.59. The van der Waals surface area contributed by atoms with Gasteiger partial charge in [0.2, 0.25) is 0 Å².